The minimum Gasteiger partial charge on any atom is -0.496 e. The molecule has 2 N–H and O–H groups in total. The molecular formula is C14H18N2O2. The maximum atomic E-state index is 12.2. The van der Waals surface area contributed by atoms with Gasteiger partial charge in [-0.15, -0.1) is 0 Å². The number of nitrogens with one attached hydrogen (secondary N) is 2. The molecule has 4 heteroatoms. The molecule has 96 valence electrons. The number of hydrogen-bond donors (Lipinski definition) is 2. The van der Waals surface area contributed by atoms with Crippen LogP contribution in [0.3, 0.4) is 0 Å². The quantitative estimate of drug-likeness (QED) is 0.835. The molecule has 0 radical (unpaired) electrons. The second kappa shape index (κ2) is 4.61. The standard InChI is InChI=1S/C14H18N2O2/c1-18-11-4-2-3-10-13(11)12(14(17)16-10)9-5-7-15-8-6-9/h2-4,9,12,15H,5-8H2,1H3,(H,16,17). The molecule has 1 atom stereocenters. The van der Waals surface area contributed by atoms with E-state index in [0.717, 1.165) is 42.9 Å². The summed E-state index contributed by atoms with van der Waals surface area (Å²) in [6, 6.07) is 5.81. The number of benzene rings is 1. The first-order valence-electron chi connectivity index (χ1n) is 6.49. The smallest absolute Gasteiger partial charge is 0.232 e. The van der Waals surface area contributed by atoms with E-state index in [1.807, 2.05) is 18.2 Å². The summed E-state index contributed by atoms with van der Waals surface area (Å²) >= 11 is 0. The Kier molecular flexibility index (Phi) is 2.96. The van der Waals surface area contributed by atoms with Gasteiger partial charge in [0.25, 0.3) is 0 Å². The lowest BCUT2D eigenvalue weighted by molar-refractivity contribution is -0.118. The molecule has 1 amide bonds. The normalized spacial score (nSPS) is 23.6. The van der Waals surface area contributed by atoms with Crippen molar-refractivity contribution in [2.45, 2.75) is 18.8 Å². The molecule has 2 aliphatic heterocycles. The number of carbonyl (C=O) groups excluding carboxylic acids is 1. The van der Waals surface area contributed by atoms with Gasteiger partial charge in [-0.1, -0.05) is 6.07 Å². The lowest BCUT2D eigenvalue weighted by atomic mass is 9.81. The first-order chi connectivity index (χ1) is 8.81. The molecule has 1 aromatic carbocycles. The van der Waals surface area contributed by atoms with Crippen LogP contribution in [0.4, 0.5) is 5.69 Å². The number of rotatable bonds is 2. The zero-order valence-corrected chi connectivity index (χ0v) is 10.5. The largest absolute Gasteiger partial charge is 0.496 e. The average Bonchev–Trinajstić information content (AvgIpc) is 2.75. The Morgan fingerprint density at radius 1 is 1.28 bits per heavy atom. The molecule has 1 aromatic rings. The van der Waals surface area contributed by atoms with Crippen LogP contribution in [0, 0.1) is 5.92 Å². The molecule has 1 unspecified atom stereocenters. The van der Waals surface area contributed by atoms with Crippen molar-refractivity contribution in [1.82, 2.24) is 5.32 Å². The summed E-state index contributed by atoms with van der Waals surface area (Å²) in [6.07, 6.45) is 2.10. The van der Waals surface area contributed by atoms with Gasteiger partial charge in [-0.05, 0) is 44.0 Å². The lowest BCUT2D eigenvalue weighted by Crippen LogP contribution is -2.33. The van der Waals surface area contributed by atoms with Gasteiger partial charge in [0, 0.05) is 11.3 Å². The van der Waals surface area contributed by atoms with Gasteiger partial charge < -0.3 is 15.4 Å². The third-order valence-electron chi connectivity index (χ3n) is 3.99. The fraction of sp³-hybridized carbons (Fsp3) is 0.500. The van der Waals surface area contributed by atoms with Gasteiger partial charge in [-0.3, -0.25) is 4.79 Å². The Balaban J connectivity index is 1.99. The molecule has 0 aromatic heterocycles. The predicted octanol–water partition coefficient (Wildman–Crippen LogP) is 1.73. The van der Waals surface area contributed by atoms with Crippen molar-refractivity contribution >= 4 is 11.6 Å². The van der Waals surface area contributed by atoms with Gasteiger partial charge in [0.05, 0.1) is 13.0 Å². The number of piperidine rings is 1. The average molecular weight is 246 g/mol. The molecule has 3 rings (SSSR count). The zero-order valence-electron chi connectivity index (χ0n) is 10.5. The van der Waals surface area contributed by atoms with Gasteiger partial charge >= 0.3 is 0 Å². The van der Waals surface area contributed by atoms with Crippen molar-refractivity contribution in [3.63, 3.8) is 0 Å². The van der Waals surface area contributed by atoms with Crippen LogP contribution in [0.25, 0.3) is 0 Å². The summed E-state index contributed by atoms with van der Waals surface area (Å²) in [4.78, 5) is 12.2. The minimum atomic E-state index is -0.0433. The molecule has 0 saturated carbocycles. The monoisotopic (exact) mass is 246 g/mol. The second-order valence-electron chi connectivity index (χ2n) is 4.98. The summed E-state index contributed by atoms with van der Waals surface area (Å²) in [7, 11) is 1.66. The maximum Gasteiger partial charge on any atom is 0.232 e. The van der Waals surface area contributed by atoms with Crippen molar-refractivity contribution in [3.05, 3.63) is 23.8 Å². The highest BCUT2D eigenvalue weighted by atomic mass is 16.5. The van der Waals surface area contributed by atoms with E-state index >= 15 is 0 Å². The van der Waals surface area contributed by atoms with E-state index in [1.165, 1.54) is 0 Å². The summed E-state index contributed by atoms with van der Waals surface area (Å²) < 4.78 is 5.42. The van der Waals surface area contributed by atoms with Crippen molar-refractivity contribution < 1.29 is 9.53 Å². The van der Waals surface area contributed by atoms with E-state index in [-0.39, 0.29) is 11.8 Å². The molecule has 4 nitrogen and oxygen atoms in total. The molecule has 1 fully saturated rings. The van der Waals surface area contributed by atoms with Crippen LogP contribution in [0.15, 0.2) is 18.2 Å². The van der Waals surface area contributed by atoms with Crippen LogP contribution in [0.5, 0.6) is 5.75 Å². The van der Waals surface area contributed by atoms with Crippen LogP contribution in [0.2, 0.25) is 0 Å². The molecule has 18 heavy (non-hydrogen) atoms. The second-order valence-corrected chi connectivity index (χ2v) is 4.98. The van der Waals surface area contributed by atoms with Gasteiger partial charge in [0.15, 0.2) is 0 Å². The number of anilines is 1. The Morgan fingerprint density at radius 2 is 2.06 bits per heavy atom. The number of amides is 1. The summed E-state index contributed by atoms with van der Waals surface area (Å²) in [5.41, 5.74) is 1.97. The van der Waals surface area contributed by atoms with Gasteiger partial charge in [-0.25, -0.2) is 0 Å². The van der Waals surface area contributed by atoms with Crippen LogP contribution < -0.4 is 15.4 Å². The number of methoxy groups -OCH3 is 1. The van der Waals surface area contributed by atoms with Crippen molar-refractivity contribution in [2.75, 3.05) is 25.5 Å². The van der Waals surface area contributed by atoms with Gasteiger partial charge in [0.1, 0.15) is 5.75 Å². The van der Waals surface area contributed by atoms with Crippen molar-refractivity contribution in [1.29, 1.82) is 0 Å². The number of carbonyl (C=O) groups is 1. The fourth-order valence-electron chi connectivity index (χ4n) is 3.12. The SMILES string of the molecule is COc1cccc2c1C(C1CCNCC1)C(=O)N2. The molecule has 1 saturated heterocycles. The molecule has 0 aliphatic carbocycles. The molecular weight excluding hydrogens is 228 g/mol. The zero-order chi connectivity index (χ0) is 12.5. The first kappa shape index (κ1) is 11.5. The lowest BCUT2D eigenvalue weighted by Gasteiger charge is -2.27. The summed E-state index contributed by atoms with van der Waals surface area (Å²) in [6.45, 7) is 2.00. The molecule has 2 heterocycles. The third-order valence-corrected chi connectivity index (χ3v) is 3.99. The summed E-state index contributed by atoms with van der Waals surface area (Å²) in [5, 5.41) is 6.32. The third kappa shape index (κ3) is 1.77. The van der Waals surface area contributed by atoms with Gasteiger partial charge in [-0.2, -0.15) is 0 Å². The first-order valence-corrected chi connectivity index (χ1v) is 6.49. The molecule has 2 aliphatic rings. The topological polar surface area (TPSA) is 50.4 Å². The Labute approximate surface area is 107 Å². The highest BCUT2D eigenvalue weighted by molar-refractivity contribution is 6.04. The van der Waals surface area contributed by atoms with Crippen molar-refractivity contribution in [3.8, 4) is 5.75 Å². The highest BCUT2D eigenvalue weighted by Crippen LogP contribution is 2.45. The molecule has 0 spiro atoms. The Hall–Kier alpha value is -1.55. The van der Waals surface area contributed by atoms with Crippen LogP contribution >= 0.6 is 0 Å². The Morgan fingerprint density at radius 3 is 2.78 bits per heavy atom. The van der Waals surface area contributed by atoms with E-state index in [4.69, 9.17) is 4.74 Å². The molecule has 0 bridgehead atoms. The van der Waals surface area contributed by atoms with E-state index in [1.54, 1.807) is 7.11 Å². The Bertz CT molecular complexity index is 467. The van der Waals surface area contributed by atoms with E-state index in [9.17, 15) is 4.79 Å². The van der Waals surface area contributed by atoms with Crippen LogP contribution in [-0.2, 0) is 4.79 Å². The number of fused-ring (bicyclic) bond motifs is 1. The van der Waals surface area contributed by atoms with Gasteiger partial charge in [0.2, 0.25) is 5.91 Å². The van der Waals surface area contributed by atoms with E-state index in [0.29, 0.717) is 5.92 Å². The summed E-state index contributed by atoms with van der Waals surface area (Å²) in [5.74, 6) is 1.33. The predicted molar refractivity (Wildman–Crippen MR) is 70.0 cm³/mol. The van der Waals surface area contributed by atoms with Crippen molar-refractivity contribution in [2.24, 2.45) is 5.92 Å². The fourth-order valence-corrected chi connectivity index (χ4v) is 3.12. The van der Waals surface area contributed by atoms with E-state index < -0.39 is 0 Å². The minimum absolute atomic E-state index is 0.0433. The number of ether oxygens (including phenoxy) is 1. The van der Waals surface area contributed by atoms with Crippen LogP contribution in [-0.4, -0.2) is 26.1 Å². The maximum absolute atomic E-state index is 12.2. The number of hydrogen-bond acceptors (Lipinski definition) is 3. The van der Waals surface area contributed by atoms with E-state index in [2.05, 4.69) is 10.6 Å². The highest BCUT2D eigenvalue weighted by Gasteiger charge is 2.39. The van der Waals surface area contributed by atoms with Crippen LogP contribution in [0.1, 0.15) is 24.3 Å².